The molecule has 1 fully saturated rings. The highest BCUT2D eigenvalue weighted by Gasteiger charge is 2.41. The fraction of sp³-hybridized carbons (Fsp3) is 0.389. The lowest BCUT2D eigenvalue weighted by atomic mass is 9.88. The SMILES string of the molecule is COc1ccccc1C1CN(C(=O)CCc2cc(Cl)no2)CC1C(=O)O. The number of benzene rings is 1. The Kier molecular flexibility index (Phi) is 5.46. The predicted octanol–water partition coefficient (Wildman–Crippen LogP) is 2.60. The van der Waals surface area contributed by atoms with E-state index in [-0.39, 0.29) is 29.9 Å². The van der Waals surface area contributed by atoms with E-state index in [1.54, 1.807) is 24.1 Å². The molecule has 1 aromatic heterocycles. The number of carboxylic acids is 1. The number of para-hydroxylation sites is 1. The van der Waals surface area contributed by atoms with Gasteiger partial charge in [0.2, 0.25) is 5.91 Å². The summed E-state index contributed by atoms with van der Waals surface area (Å²) in [6.07, 6.45) is 0.572. The number of amides is 1. The van der Waals surface area contributed by atoms with Crippen LogP contribution in [0.25, 0.3) is 0 Å². The zero-order chi connectivity index (χ0) is 18.7. The number of ether oxygens (including phenoxy) is 1. The predicted molar refractivity (Wildman–Crippen MR) is 93.3 cm³/mol. The lowest BCUT2D eigenvalue weighted by Gasteiger charge is -2.18. The second-order valence-electron chi connectivity index (χ2n) is 6.21. The van der Waals surface area contributed by atoms with Crippen LogP contribution in [0.4, 0.5) is 0 Å². The van der Waals surface area contributed by atoms with E-state index in [4.69, 9.17) is 20.9 Å². The molecule has 7 nitrogen and oxygen atoms in total. The number of halogens is 1. The van der Waals surface area contributed by atoms with Crippen molar-refractivity contribution in [1.29, 1.82) is 0 Å². The highest BCUT2D eigenvalue weighted by Crippen LogP contribution is 2.37. The van der Waals surface area contributed by atoms with Crippen molar-refractivity contribution in [3.63, 3.8) is 0 Å². The first-order chi connectivity index (χ1) is 12.5. The van der Waals surface area contributed by atoms with Gasteiger partial charge >= 0.3 is 5.97 Å². The minimum Gasteiger partial charge on any atom is -0.496 e. The quantitative estimate of drug-likeness (QED) is 0.830. The van der Waals surface area contributed by atoms with Gasteiger partial charge in [-0.25, -0.2) is 0 Å². The highest BCUT2D eigenvalue weighted by molar-refractivity contribution is 6.29. The molecule has 0 radical (unpaired) electrons. The van der Waals surface area contributed by atoms with E-state index in [0.717, 1.165) is 5.56 Å². The maximum atomic E-state index is 12.5. The first-order valence-corrected chi connectivity index (χ1v) is 8.62. The third kappa shape index (κ3) is 3.83. The number of hydrogen-bond donors (Lipinski definition) is 1. The third-order valence-corrected chi connectivity index (χ3v) is 4.82. The molecule has 1 aliphatic rings. The molecule has 2 heterocycles. The molecule has 26 heavy (non-hydrogen) atoms. The molecule has 1 aromatic carbocycles. The number of aromatic nitrogens is 1. The van der Waals surface area contributed by atoms with E-state index in [1.165, 1.54) is 0 Å². The van der Waals surface area contributed by atoms with Crippen molar-refractivity contribution < 1.29 is 24.0 Å². The van der Waals surface area contributed by atoms with Crippen LogP contribution in [0.2, 0.25) is 5.15 Å². The number of carbonyl (C=O) groups is 2. The number of likely N-dealkylation sites (tertiary alicyclic amines) is 1. The number of aryl methyl sites for hydroxylation is 1. The lowest BCUT2D eigenvalue weighted by Crippen LogP contribution is -2.30. The zero-order valence-electron chi connectivity index (χ0n) is 14.2. The average Bonchev–Trinajstić information content (AvgIpc) is 3.26. The van der Waals surface area contributed by atoms with E-state index in [1.807, 2.05) is 18.2 Å². The average molecular weight is 379 g/mol. The third-order valence-electron chi connectivity index (χ3n) is 4.64. The van der Waals surface area contributed by atoms with Crippen LogP contribution in [0.5, 0.6) is 5.75 Å². The Morgan fingerprint density at radius 1 is 1.38 bits per heavy atom. The van der Waals surface area contributed by atoms with Crippen LogP contribution in [0.1, 0.15) is 23.7 Å². The van der Waals surface area contributed by atoms with Crippen molar-refractivity contribution >= 4 is 23.5 Å². The zero-order valence-corrected chi connectivity index (χ0v) is 15.0. The maximum Gasteiger partial charge on any atom is 0.308 e. The lowest BCUT2D eigenvalue weighted by molar-refractivity contribution is -0.141. The highest BCUT2D eigenvalue weighted by atomic mass is 35.5. The molecule has 0 saturated carbocycles. The van der Waals surface area contributed by atoms with Crippen molar-refractivity contribution in [2.45, 2.75) is 18.8 Å². The molecule has 1 amide bonds. The Labute approximate surface area is 155 Å². The molecular weight excluding hydrogens is 360 g/mol. The number of nitrogens with zero attached hydrogens (tertiary/aromatic N) is 2. The number of carboxylic acid groups (broad SMARTS) is 1. The number of hydrogen-bond acceptors (Lipinski definition) is 5. The Hall–Kier alpha value is -2.54. The van der Waals surface area contributed by atoms with Crippen LogP contribution in [0.3, 0.4) is 0 Å². The number of rotatable bonds is 6. The van der Waals surface area contributed by atoms with Gasteiger partial charge < -0.3 is 19.3 Å². The molecule has 2 unspecified atom stereocenters. The van der Waals surface area contributed by atoms with Crippen molar-refractivity contribution in [3.8, 4) is 5.75 Å². The molecule has 0 aliphatic carbocycles. The maximum absolute atomic E-state index is 12.5. The van der Waals surface area contributed by atoms with Crippen molar-refractivity contribution in [1.82, 2.24) is 10.1 Å². The summed E-state index contributed by atoms with van der Waals surface area (Å²) in [4.78, 5) is 25.8. The van der Waals surface area contributed by atoms with E-state index in [9.17, 15) is 14.7 Å². The molecule has 3 rings (SSSR count). The van der Waals surface area contributed by atoms with Crippen molar-refractivity contribution in [3.05, 3.63) is 46.8 Å². The summed E-state index contributed by atoms with van der Waals surface area (Å²) in [6.45, 7) is 0.515. The summed E-state index contributed by atoms with van der Waals surface area (Å²) in [7, 11) is 1.55. The number of methoxy groups -OCH3 is 1. The van der Waals surface area contributed by atoms with Crippen LogP contribution < -0.4 is 4.74 Å². The molecule has 2 atom stereocenters. The Balaban J connectivity index is 1.72. The van der Waals surface area contributed by atoms with Gasteiger partial charge in [0, 0.05) is 37.9 Å². The van der Waals surface area contributed by atoms with Crippen LogP contribution in [0.15, 0.2) is 34.9 Å². The van der Waals surface area contributed by atoms with Crippen molar-refractivity contribution in [2.75, 3.05) is 20.2 Å². The normalized spacial score (nSPS) is 19.5. The molecule has 1 saturated heterocycles. The summed E-state index contributed by atoms with van der Waals surface area (Å²) in [6, 6.07) is 8.89. The van der Waals surface area contributed by atoms with Crippen LogP contribution in [-0.2, 0) is 16.0 Å². The summed E-state index contributed by atoms with van der Waals surface area (Å²) >= 11 is 5.69. The van der Waals surface area contributed by atoms with Gasteiger partial charge in [-0.2, -0.15) is 0 Å². The fourth-order valence-corrected chi connectivity index (χ4v) is 3.50. The standard InChI is InChI=1S/C18H19ClN2O5/c1-25-15-5-3-2-4-12(15)13-9-21(10-14(13)18(23)24)17(22)7-6-11-8-16(19)20-26-11/h2-5,8,13-14H,6-7,9-10H2,1H3,(H,23,24). The summed E-state index contributed by atoms with van der Waals surface area (Å²) in [5.74, 6) is -0.866. The second-order valence-corrected chi connectivity index (χ2v) is 6.60. The van der Waals surface area contributed by atoms with Crippen LogP contribution in [-0.4, -0.2) is 47.2 Å². The van der Waals surface area contributed by atoms with Gasteiger partial charge in [0.05, 0.1) is 13.0 Å². The first kappa shape index (κ1) is 18.3. The second kappa shape index (κ2) is 7.78. The van der Waals surface area contributed by atoms with Gasteiger partial charge in [0.1, 0.15) is 11.5 Å². The number of aliphatic carboxylic acids is 1. The fourth-order valence-electron chi connectivity index (χ4n) is 3.34. The van der Waals surface area contributed by atoms with Crippen LogP contribution >= 0.6 is 11.6 Å². The molecular formula is C18H19ClN2O5. The Morgan fingerprint density at radius 3 is 2.81 bits per heavy atom. The summed E-state index contributed by atoms with van der Waals surface area (Å²) < 4.78 is 10.4. The van der Waals surface area contributed by atoms with Crippen molar-refractivity contribution in [2.24, 2.45) is 5.92 Å². The van der Waals surface area contributed by atoms with Gasteiger partial charge in [-0.1, -0.05) is 35.0 Å². The molecule has 1 aliphatic heterocycles. The van der Waals surface area contributed by atoms with Gasteiger partial charge in [-0.05, 0) is 11.6 Å². The van der Waals surface area contributed by atoms with Gasteiger partial charge in [0.15, 0.2) is 5.15 Å². The first-order valence-electron chi connectivity index (χ1n) is 8.24. The van der Waals surface area contributed by atoms with Gasteiger partial charge in [-0.3, -0.25) is 9.59 Å². The molecule has 0 bridgehead atoms. The van der Waals surface area contributed by atoms with E-state index < -0.39 is 11.9 Å². The summed E-state index contributed by atoms with van der Waals surface area (Å²) in [5.41, 5.74) is 0.805. The molecule has 0 spiro atoms. The molecule has 8 heteroatoms. The van der Waals surface area contributed by atoms with E-state index in [0.29, 0.717) is 24.5 Å². The molecule has 138 valence electrons. The Morgan fingerprint density at radius 2 is 2.15 bits per heavy atom. The minimum atomic E-state index is -0.918. The number of carbonyl (C=O) groups excluding carboxylic acids is 1. The molecule has 1 N–H and O–H groups in total. The van der Waals surface area contributed by atoms with E-state index in [2.05, 4.69) is 5.16 Å². The van der Waals surface area contributed by atoms with Gasteiger partial charge in [0.25, 0.3) is 0 Å². The minimum absolute atomic E-state index is 0.124. The Bertz CT molecular complexity index is 806. The van der Waals surface area contributed by atoms with E-state index >= 15 is 0 Å². The topological polar surface area (TPSA) is 92.9 Å². The van der Waals surface area contributed by atoms with Crippen LogP contribution in [0, 0.1) is 5.92 Å². The van der Waals surface area contributed by atoms with Gasteiger partial charge in [-0.15, -0.1) is 0 Å². The smallest absolute Gasteiger partial charge is 0.308 e. The largest absolute Gasteiger partial charge is 0.496 e. The monoisotopic (exact) mass is 378 g/mol. The molecule has 2 aromatic rings. The summed E-state index contributed by atoms with van der Waals surface area (Å²) in [5, 5.41) is 13.4.